The van der Waals surface area contributed by atoms with Crippen LogP contribution in [0.25, 0.3) is 18.0 Å². The van der Waals surface area contributed by atoms with Crippen LogP contribution < -0.4 is 10.2 Å². The van der Waals surface area contributed by atoms with E-state index < -0.39 is 100 Å². The molecule has 19 N–H and O–H groups in total. The van der Waals surface area contributed by atoms with Gasteiger partial charge in [0.05, 0.1) is 0 Å². The first kappa shape index (κ1) is 66.7. The van der Waals surface area contributed by atoms with Crippen LogP contribution in [0.2, 0.25) is 0 Å². The van der Waals surface area contributed by atoms with Crippen LogP contribution in [0.4, 0.5) is 9.59 Å². The molecule has 2 amide bonds. The summed E-state index contributed by atoms with van der Waals surface area (Å²) in [5, 5.41) is 32.7. The monoisotopic (exact) mass is 1230 g/mol. The Bertz CT molecular complexity index is 903. The molecule has 1 saturated carbocycles. The zero-order valence-electron chi connectivity index (χ0n) is 23.3. The summed E-state index contributed by atoms with van der Waals surface area (Å²) in [7, 11) is 1.71. The van der Waals surface area contributed by atoms with Crippen LogP contribution in [0.15, 0.2) is 0 Å². The summed E-state index contributed by atoms with van der Waals surface area (Å²) in [6.07, 6.45) is -0.858. The first-order valence-electron chi connectivity index (χ1n) is 10.2. The molecule has 2 unspecified atom stereocenters. The minimum atomic E-state index is -4.57. The number of carbonyl (C=O) groups is 4. The minimum absolute atomic E-state index is 0. The molecule has 48 heavy (non-hydrogen) atoms. The summed E-state index contributed by atoms with van der Waals surface area (Å²) in [5.41, 5.74) is 7.42. The maximum absolute atomic E-state index is 9.76. The predicted octanol–water partition coefficient (Wildman–Crippen LogP) is 3.81. The molecular formula is C13H35Cl4N5O20P4Pt2. The molecule has 300 valence electrons. The van der Waals surface area contributed by atoms with Crippen molar-refractivity contribution in [3.8, 4) is 0 Å². The molecule has 35 heteroatoms. The van der Waals surface area contributed by atoms with Crippen LogP contribution in [-0.4, -0.2) is 102 Å². The summed E-state index contributed by atoms with van der Waals surface area (Å²) in [4.78, 5) is 101. The molecule has 25 nitrogen and oxygen atoms in total. The van der Waals surface area contributed by atoms with Crippen molar-refractivity contribution in [1.29, 1.82) is 0 Å². The molecule has 0 spiro atoms. The average molecular weight is 1240 g/mol. The third kappa shape index (κ3) is 97.0. The van der Waals surface area contributed by atoms with Crippen molar-refractivity contribution in [3.05, 3.63) is 25.0 Å². The van der Waals surface area contributed by atoms with E-state index in [2.05, 4.69) is 6.92 Å². The van der Waals surface area contributed by atoms with Gasteiger partial charge in [0.15, 0.2) is 0 Å². The van der Waals surface area contributed by atoms with Gasteiger partial charge in [-0.2, -0.15) is 12.0 Å². The second kappa shape index (κ2) is 37.3. The number of nitrogens with two attached hydrogens (primary N) is 2. The van der Waals surface area contributed by atoms with Gasteiger partial charge in [-0.05, 0) is 0 Å². The van der Waals surface area contributed by atoms with E-state index in [0.29, 0.717) is 5.92 Å². The quantitative estimate of drug-likeness (QED) is 0.133. The third-order valence-electron chi connectivity index (χ3n) is 3.07. The zero-order chi connectivity index (χ0) is 38.5. The molecule has 1 aliphatic carbocycles. The SMILES string of the molecule is O=C(O)CP(=O)(O)O.O=C(O)CP(=O)(O)O.O=C(O)NP(=O)(O)O.O=C(O)NP(=O)(O)O.[CH2-]C1CCCCC1[NH-].[Cl][Pt+2][Cl].[Cl][Pt+2][Cl].[NH2-].[NH2-]. The van der Waals surface area contributed by atoms with E-state index in [0.717, 1.165) is 16.6 Å². The topological polar surface area (TPSA) is 494 Å². The van der Waals surface area contributed by atoms with Crippen molar-refractivity contribution in [3.63, 3.8) is 0 Å². The summed E-state index contributed by atoms with van der Waals surface area (Å²) in [6.45, 7) is 3.89. The number of rotatable bonds is 6. The number of halogens is 4. The molecule has 0 aromatic carbocycles. The number of hydrogen-bond donors (Lipinski definition) is 14. The normalized spacial score (nSPS) is 14.9. The smallest absolute Gasteiger partial charge is 0.693 e. The van der Waals surface area contributed by atoms with E-state index in [4.69, 9.17) is 103 Å². The summed E-state index contributed by atoms with van der Waals surface area (Å²) >= 11 is -0.944. The van der Waals surface area contributed by atoms with E-state index in [9.17, 15) is 37.4 Å². The average Bonchev–Trinajstić information content (AvgIpc) is 2.71. The van der Waals surface area contributed by atoms with Crippen LogP contribution in [0.1, 0.15) is 25.7 Å². The largest absolute Gasteiger partial charge is 0.693 e. The fraction of sp³-hybridized carbons (Fsp3) is 0.615. The Kier molecular flexibility index (Phi) is 51.8. The van der Waals surface area contributed by atoms with Gasteiger partial charge in [-0.3, -0.25) is 18.7 Å². The van der Waals surface area contributed by atoms with E-state index in [1.165, 1.54) is 19.3 Å². The molecule has 2 atom stereocenters. The molecular weight excluding hydrogens is 1200 g/mol. The summed E-state index contributed by atoms with van der Waals surface area (Å²) in [6, 6.07) is 0.142. The predicted molar refractivity (Wildman–Crippen MR) is 165 cm³/mol. The van der Waals surface area contributed by atoms with Crippen molar-refractivity contribution in [1.82, 2.24) is 10.2 Å². The van der Waals surface area contributed by atoms with Gasteiger partial charge >= 0.3 is 125 Å². The number of carboxylic acid groups (broad SMARTS) is 4. The molecule has 0 saturated heterocycles. The van der Waals surface area contributed by atoms with Crippen molar-refractivity contribution in [2.24, 2.45) is 5.92 Å². The fourth-order valence-electron chi connectivity index (χ4n) is 1.81. The molecule has 1 aliphatic rings. The Morgan fingerprint density at radius 2 is 0.875 bits per heavy atom. The number of aliphatic carboxylic acids is 2. The van der Waals surface area contributed by atoms with Gasteiger partial charge in [-0.1, -0.05) is 25.7 Å². The van der Waals surface area contributed by atoms with Gasteiger partial charge in [-0.25, -0.2) is 28.9 Å². The Morgan fingerprint density at radius 1 is 0.646 bits per heavy atom. The maximum atomic E-state index is 9.76. The molecule has 0 aromatic heterocycles. The third-order valence-corrected chi connectivity index (χ3v) is 5.40. The summed E-state index contributed by atoms with van der Waals surface area (Å²) in [5.74, 6) is -2.56. The van der Waals surface area contributed by atoms with Crippen LogP contribution in [0, 0.1) is 12.8 Å². The van der Waals surface area contributed by atoms with Gasteiger partial charge < -0.3 is 84.5 Å². The Hall–Kier alpha value is 0.497. The first-order chi connectivity index (χ1) is 20.3. The van der Waals surface area contributed by atoms with E-state index in [-0.39, 0.29) is 18.3 Å². The standard InChI is InChI=1S/C7H13N.2C2H5O5P.2CH4NO5P.4ClH.2H2N.2Pt/c1-6-4-2-3-5-7(6)8;2*3-2(4)1-8(5,6)7;2*3-1(4)2-8(5,6)7;;;;;;;;/h6-8H,1-5H2;2*1H2,(H,3,4)(H2,5,6,7);2*(H,3,4)(H3,2,5,6,7);4*1H;2*1H2;;/q-2;;;;;;;;;2*-1;2*+4/p-4. The van der Waals surface area contributed by atoms with Crippen LogP contribution in [0.5, 0.6) is 0 Å². The van der Waals surface area contributed by atoms with E-state index in [1.54, 1.807) is 0 Å². The fourth-order valence-corrected chi connectivity index (χ4v) is 3.01. The van der Waals surface area contributed by atoms with Crippen molar-refractivity contribution < 1.29 is 130 Å². The summed E-state index contributed by atoms with van der Waals surface area (Å²) < 4.78 is 38.8. The van der Waals surface area contributed by atoms with Crippen LogP contribution in [-0.2, 0) is 60.8 Å². The van der Waals surface area contributed by atoms with Crippen molar-refractivity contribution in [2.75, 3.05) is 12.3 Å². The van der Waals surface area contributed by atoms with E-state index >= 15 is 0 Å². The first-order valence-corrected chi connectivity index (χ1v) is 28.2. The van der Waals surface area contributed by atoms with Crippen molar-refractivity contribution >= 4 is 92.5 Å². The second-order valence-corrected chi connectivity index (χ2v) is 19.6. The number of hydrogen-bond acceptors (Lipinski definition) is 8. The number of nitrogens with one attached hydrogen (secondary N) is 3. The Labute approximate surface area is 305 Å². The van der Waals surface area contributed by atoms with Gasteiger partial charge in [-0.15, -0.1) is 0 Å². The second-order valence-electron chi connectivity index (χ2n) is 7.10. The molecule has 0 aromatic rings. The Balaban J connectivity index is -0.0000000659. The molecule has 0 radical (unpaired) electrons. The van der Waals surface area contributed by atoms with Gasteiger partial charge in [0.2, 0.25) is 0 Å². The Morgan fingerprint density at radius 3 is 0.938 bits per heavy atom. The molecule has 0 heterocycles. The zero-order valence-corrected chi connectivity index (χ0v) is 34.5. The minimum Gasteiger partial charge on any atom is -0.693 e. The maximum Gasteiger partial charge on any atom is -0.693 e. The van der Waals surface area contributed by atoms with Gasteiger partial charge in [0.1, 0.15) is 12.3 Å². The van der Waals surface area contributed by atoms with Crippen LogP contribution >= 0.6 is 68.4 Å². The molecule has 0 bridgehead atoms. The molecule has 1 fully saturated rings. The van der Waals surface area contributed by atoms with Gasteiger partial charge in [0, 0.05) is 0 Å². The van der Waals surface area contributed by atoms with Gasteiger partial charge in [0.25, 0.3) is 0 Å². The van der Waals surface area contributed by atoms with Crippen LogP contribution in [0.3, 0.4) is 0 Å². The number of amides is 2. The molecule has 0 aliphatic heterocycles. The number of carboxylic acids is 2. The molecule has 1 rings (SSSR count). The van der Waals surface area contributed by atoms with E-state index in [1.807, 2.05) is 0 Å². The van der Waals surface area contributed by atoms with Crippen molar-refractivity contribution in [2.45, 2.75) is 31.7 Å².